The van der Waals surface area contributed by atoms with Crippen molar-refractivity contribution < 1.29 is 37.1 Å². The number of rotatable bonds is 8. The third-order valence-electron chi connectivity index (χ3n) is 7.90. The van der Waals surface area contributed by atoms with Gasteiger partial charge in [0.25, 0.3) is 5.91 Å². The minimum atomic E-state index is -3.71. The van der Waals surface area contributed by atoms with Crippen LogP contribution in [-0.2, 0) is 33.9 Å². The number of nitrogens with zero attached hydrogens (tertiary/aromatic N) is 3. The molecule has 0 radical (unpaired) electrons. The van der Waals surface area contributed by atoms with Gasteiger partial charge < -0.3 is 25.0 Å². The summed E-state index contributed by atoms with van der Waals surface area (Å²) in [5, 5.41) is 7.00. The lowest BCUT2D eigenvalue weighted by molar-refractivity contribution is -0.165. The Morgan fingerprint density at radius 3 is 2.60 bits per heavy atom. The fourth-order valence-electron chi connectivity index (χ4n) is 5.74. The lowest BCUT2D eigenvalue weighted by atomic mass is 9.97. The van der Waals surface area contributed by atoms with Gasteiger partial charge in [-0.25, -0.2) is 8.42 Å². The zero-order valence-electron chi connectivity index (χ0n) is 24.0. The molecule has 3 aliphatic heterocycles. The second-order valence-electron chi connectivity index (χ2n) is 10.6. The third kappa shape index (κ3) is 6.40. The predicted molar refractivity (Wildman–Crippen MR) is 155 cm³/mol. The molecule has 2 saturated heterocycles. The molecule has 3 aliphatic rings. The van der Waals surface area contributed by atoms with Crippen LogP contribution in [0.5, 0.6) is 0 Å². The Kier molecular flexibility index (Phi) is 9.08. The molecule has 2 fully saturated rings. The minimum absolute atomic E-state index is 0.00578. The zero-order valence-corrected chi connectivity index (χ0v) is 24.8. The van der Waals surface area contributed by atoms with E-state index in [0.717, 1.165) is 5.39 Å². The minimum Gasteiger partial charge on any atom is -0.433 e. The lowest BCUT2D eigenvalue weighted by Gasteiger charge is -2.47. The number of sulfonamides is 1. The van der Waals surface area contributed by atoms with Crippen LogP contribution in [-0.4, -0.2) is 102 Å². The number of cyclic esters (lactones) is 1. The predicted octanol–water partition coefficient (Wildman–Crippen LogP) is 0.709. The van der Waals surface area contributed by atoms with E-state index in [1.807, 2.05) is 18.2 Å². The number of pyridine rings is 1. The molecule has 2 unspecified atom stereocenters. The fourth-order valence-corrected chi connectivity index (χ4v) is 6.87. The Morgan fingerprint density at radius 1 is 1.07 bits per heavy atom. The standard InChI is InChI=1S/C29H35N5O8S/c1-3-41-29-22(15-24(35)42-29)32-26(36)23-17-33(43(39,40)4-2)16-19-10-6-8-12-21(28(38)34(19)23)31-27(37)25-20-11-7-5-9-18(20)13-14-30-25/h5-9,11,13-14,19,21-23,29H,3-4,10,12,15-17H2,1-2H3,(H,31,37)(H,32,36)/b8-6-/t19-,21-,22?,23-,29?/m0/s1. The topological polar surface area (TPSA) is 164 Å². The van der Waals surface area contributed by atoms with Gasteiger partial charge in [0, 0.05) is 37.3 Å². The maximum absolute atomic E-state index is 14.2. The third-order valence-corrected chi connectivity index (χ3v) is 9.71. The van der Waals surface area contributed by atoms with Gasteiger partial charge >= 0.3 is 5.97 Å². The van der Waals surface area contributed by atoms with Crippen LogP contribution in [0, 0.1) is 0 Å². The molecule has 0 aliphatic carbocycles. The van der Waals surface area contributed by atoms with Crippen LogP contribution >= 0.6 is 0 Å². The van der Waals surface area contributed by atoms with Crippen LogP contribution in [0.1, 0.15) is 43.6 Å². The molecule has 1 aromatic carbocycles. The first-order valence-corrected chi connectivity index (χ1v) is 15.9. The van der Waals surface area contributed by atoms with Gasteiger partial charge in [-0.05, 0) is 38.1 Å². The highest BCUT2D eigenvalue weighted by atomic mass is 32.2. The molecule has 14 heteroatoms. The Balaban J connectivity index is 1.44. The highest BCUT2D eigenvalue weighted by Crippen LogP contribution is 2.27. The van der Waals surface area contributed by atoms with Crippen LogP contribution in [0.3, 0.4) is 0 Å². The summed E-state index contributed by atoms with van der Waals surface area (Å²) >= 11 is 0. The number of hydrogen-bond donors (Lipinski definition) is 2. The maximum atomic E-state index is 14.2. The second kappa shape index (κ2) is 12.8. The van der Waals surface area contributed by atoms with Crippen molar-refractivity contribution in [2.24, 2.45) is 0 Å². The van der Waals surface area contributed by atoms with Crippen LogP contribution in [0.2, 0.25) is 0 Å². The molecule has 5 atom stereocenters. The van der Waals surface area contributed by atoms with Gasteiger partial charge in [-0.15, -0.1) is 0 Å². The molecular formula is C29H35N5O8S. The molecule has 0 bridgehead atoms. The number of aromatic nitrogens is 1. The second-order valence-corrected chi connectivity index (χ2v) is 12.9. The van der Waals surface area contributed by atoms with Gasteiger partial charge in [0.1, 0.15) is 23.8 Å². The summed E-state index contributed by atoms with van der Waals surface area (Å²) in [6, 6.07) is 5.30. The summed E-state index contributed by atoms with van der Waals surface area (Å²) in [4.78, 5) is 59.0. The molecule has 43 heavy (non-hydrogen) atoms. The average molecular weight is 614 g/mol. The van der Waals surface area contributed by atoms with Crippen molar-refractivity contribution >= 4 is 44.5 Å². The summed E-state index contributed by atoms with van der Waals surface area (Å²) in [5.74, 6) is -2.43. The van der Waals surface area contributed by atoms with Gasteiger partial charge in [-0.1, -0.05) is 36.4 Å². The van der Waals surface area contributed by atoms with E-state index in [9.17, 15) is 27.6 Å². The number of benzene rings is 1. The Bertz CT molecular complexity index is 1540. The van der Waals surface area contributed by atoms with Crippen LogP contribution < -0.4 is 10.6 Å². The van der Waals surface area contributed by atoms with Gasteiger partial charge in [0.05, 0.1) is 12.2 Å². The number of hydrogen-bond acceptors (Lipinski definition) is 9. The highest BCUT2D eigenvalue weighted by molar-refractivity contribution is 7.89. The molecule has 2 aromatic rings. The van der Waals surface area contributed by atoms with E-state index in [4.69, 9.17) is 9.47 Å². The van der Waals surface area contributed by atoms with Crippen molar-refractivity contribution in [2.45, 2.75) is 63.6 Å². The van der Waals surface area contributed by atoms with E-state index in [0.29, 0.717) is 11.8 Å². The van der Waals surface area contributed by atoms with Gasteiger partial charge in [-0.2, -0.15) is 4.31 Å². The molecule has 0 saturated carbocycles. The number of piperazine rings is 1. The number of carbonyl (C=O) groups is 4. The Morgan fingerprint density at radius 2 is 1.84 bits per heavy atom. The monoisotopic (exact) mass is 613 g/mol. The van der Waals surface area contributed by atoms with Crippen LogP contribution in [0.25, 0.3) is 10.8 Å². The Labute approximate surface area is 249 Å². The van der Waals surface area contributed by atoms with Crippen molar-refractivity contribution in [3.8, 4) is 0 Å². The smallest absolute Gasteiger partial charge is 0.310 e. The number of carbonyl (C=O) groups excluding carboxylic acids is 4. The van der Waals surface area contributed by atoms with Crippen molar-refractivity contribution in [3.63, 3.8) is 0 Å². The first kappa shape index (κ1) is 30.6. The summed E-state index contributed by atoms with van der Waals surface area (Å²) in [6.07, 6.45) is 4.47. The summed E-state index contributed by atoms with van der Waals surface area (Å²) in [6.45, 7) is 3.19. The summed E-state index contributed by atoms with van der Waals surface area (Å²) < 4.78 is 37.8. The number of nitrogens with one attached hydrogen (secondary N) is 2. The maximum Gasteiger partial charge on any atom is 0.310 e. The Hall–Kier alpha value is -3.88. The van der Waals surface area contributed by atoms with Gasteiger partial charge in [0.15, 0.2) is 0 Å². The molecule has 230 valence electrons. The van der Waals surface area contributed by atoms with E-state index in [-0.39, 0.29) is 44.0 Å². The first-order chi connectivity index (χ1) is 20.6. The fraction of sp³-hybridized carbons (Fsp3) is 0.483. The number of esters is 1. The molecule has 1 aromatic heterocycles. The van der Waals surface area contributed by atoms with Crippen LogP contribution in [0.4, 0.5) is 0 Å². The van der Waals surface area contributed by atoms with Crippen LogP contribution in [0.15, 0.2) is 48.7 Å². The highest BCUT2D eigenvalue weighted by Gasteiger charge is 2.47. The number of ether oxygens (including phenoxy) is 2. The van der Waals surface area contributed by atoms with E-state index in [1.54, 1.807) is 31.2 Å². The average Bonchev–Trinajstić information content (AvgIpc) is 3.34. The SMILES string of the molecule is CCOC1OC(=O)CC1NC(=O)[C@@H]1CN(S(=O)(=O)CC)C[C@@H]2C/C=C\C[C@H](NC(=O)c3nccc4ccccc34)C(=O)N21. The van der Waals surface area contributed by atoms with Crippen molar-refractivity contribution in [1.82, 2.24) is 24.8 Å². The molecule has 5 rings (SSSR count). The van der Waals surface area contributed by atoms with Gasteiger partial charge in [-0.3, -0.25) is 24.2 Å². The number of amides is 3. The van der Waals surface area contributed by atoms with Gasteiger partial charge in [0.2, 0.25) is 28.1 Å². The van der Waals surface area contributed by atoms with Crippen molar-refractivity contribution in [2.75, 3.05) is 25.4 Å². The summed E-state index contributed by atoms with van der Waals surface area (Å²) in [7, 11) is -3.71. The van der Waals surface area contributed by atoms with E-state index in [1.165, 1.54) is 22.3 Å². The lowest BCUT2D eigenvalue weighted by Crippen LogP contribution is -2.68. The first-order valence-electron chi connectivity index (χ1n) is 14.3. The molecular weight excluding hydrogens is 578 g/mol. The van der Waals surface area contributed by atoms with Crippen molar-refractivity contribution in [3.05, 3.63) is 54.4 Å². The largest absolute Gasteiger partial charge is 0.433 e. The van der Waals surface area contributed by atoms with E-state index >= 15 is 0 Å². The quantitative estimate of drug-likeness (QED) is 0.322. The number of fused-ring (bicyclic) bond motifs is 2. The van der Waals surface area contributed by atoms with E-state index in [2.05, 4.69) is 15.6 Å². The molecule has 4 heterocycles. The zero-order chi connectivity index (χ0) is 30.7. The van der Waals surface area contributed by atoms with E-state index < -0.39 is 64.2 Å². The molecule has 3 amide bonds. The summed E-state index contributed by atoms with van der Waals surface area (Å²) in [5.41, 5.74) is 0.162. The molecule has 13 nitrogen and oxygen atoms in total. The molecule has 0 spiro atoms. The molecule has 2 N–H and O–H groups in total. The van der Waals surface area contributed by atoms with Crippen molar-refractivity contribution in [1.29, 1.82) is 0 Å². The normalized spacial score (nSPS) is 27.1.